The number of fused-ring (bicyclic) bond motifs is 1. The number of thioether (sulfide) groups is 1. The molecule has 3 heterocycles. The highest BCUT2D eigenvalue weighted by Crippen LogP contribution is 2.38. The summed E-state index contributed by atoms with van der Waals surface area (Å²) in [6.07, 6.45) is 4.66. The van der Waals surface area contributed by atoms with Gasteiger partial charge in [-0.25, -0.2) is 4.98 Å². The van der Waals surface area contributed by atoms with Crippen LogP contribution in [-0.4, -0.2) is 41.3 Å². The van der Waals surface area contributed by atoms with Gasteiger partial charge in [0.25, 0.3) is 0 Å². The Labute approximate surface area is 157 Å². The maximum absolute atomic E-state index is 12.8. The molecule has 26 heavy (non-hydrogen) atoms. The molecule has 2 aliphatic heterocycles. The van der Waals surface area contributed by atoms with Crippen molar-refractivity contribution in [2.75, 3.05) is 25.5 Å². The smallest absolute Gasteiger partial charge is 0.233 e. The Morgan fingerprint density at radius 3 is 2.88 bits per heavy atom. The molecule has 6 heteroatoms. The van der Waals surface area contributed by atoms with Crippen molar-refractivity contribution in [3.05, 3.63) is 48.2 Å². The van der Waals surface area contributed by atoms with E-state index in [1.807, 2.05) is 35.2 Å². The normalized spacial score (nSPS) is 19.2. The molecule has 2 aliphatic rings. The first-order valence-corrected chi connectivity index (χ1v) is 10.0. The minimum Gasteiger partial charge on any atom is -0.490 e. The first-order valence-electron chi connectivity index (χ1n) is 9.04. The summed E-state index contributed by atoms with van der Waals surface area (Å²) in [6, 6.07) is 12.0. The predicted octanol–water partition coefficient (Wildman–Crippen LogP) is 3.70. The Morgan fingerprint density at radius 1 is 1.15 bits per heavy atom. The third-order valence-corrected chi connectivity index (χ3v) is 5.64. The van der Waals surface area contributed by atoms with E-state index in [2.05, 4.69) is 11.1 Å². The number of hydrogen-bond donors (Lipinski definition) is 0. The van der Waals surface area contributed by atoms with E-state index in [-0.39, 0.29) is 11.9 Å². The standard InChI is InChI=1S/C20H22N2O3S/c23-20(14-26-19-6-1-2-9-21-19)22-10-3-5-16(22)15-7-8-17-18(13-15)25-12-4-11-24-17/h1-2,6-9,13,16H,3-5,10-12,14H2. The maximum atomic E-state index is 12.8. The Hall–Kier alpha value is -2.21. The van der Waals surface area contributed by atoms with Gasteiger partial charge in [-0.05, 0) is 42.7 Å². The summed E-state index contributed by atoms with van der Waals surface area (Å²) in [5, 5.41) is 0.882. The topological polar surface area (TPSA) is 51.7 Å². The molecule has 0 saturated carbocycles. The van der Waals surface area contributed by atoms with Gasteiger partial charge in [0, 0.05) is 19.2 Å². The highest BCUT2D eigenvalue weighted by atomic mass is 32.2. The monoisotopic (exact) mass is 370 g/mol. The molecular weight excluding hydrogens is 348 g/mol. The summed E-state index contributed by atoms with van der Waals surface area (Å²) >= 11 is 1.49. The molecule has 1 amide bonds. The van der Waals surface area contributed by atoms with Gasteiger partial charge in [0.05, 0.1) is 30.0 Å². The minimum absolute atomic E-state index is 0.115. The summed E-state index contributed by atoms with van der Waals surface area (Å²) in [4.78, 5) is 19.0. The lowest BCUT2D eigenvalue weighted by Gasteiger charge is -2.25. The lowest BCUT2D eigenvalue weighted by Crippen LogP contribution is -2.32. The fourth-order valence-corrected chi connectivity index (χ4v) is 4.20. The zero-order chi connectivity index (χ0) is 17.8. The van der Waals surface area contributed by atoms with Crippen LogP contribution in [0.2, 0.25) is 0 Å². The van der Waals surface area contributed by atoms with E-state index < -0.39 is 0 Å². The van der Waals surface area contributed by atoms with Crippen LogP contribution in [0.1, 0.15) is 30.9 Å². The van der Waals surface area contributed by atoms with Crippen LogP contribution >= 0.6 is 11.8 Å². The Bertz CT molecular complexity index is 769. The third kappa shape index (κ3) is 3.80. The lowest BCUT2D eigenvalue weighted by atomic mass is 10.0. The van der Waals surface area contributed by atoms with E-state index in [4.69, 9.17) is 9.47 Å². The number of carbonyl (C=O) groups is 1. The summed E-state index contributed by atoms with van der Waals surface area (Å²) < 4.78 is 11.5. The lowest BCUT2D eigenvalue weighted by molar-refractivity contribution is -0.129. The van der Waals surface area contributed by atoms with Gasteiger partial charge in [-0.2, -0.15) is 0 Å². The van der Waals surface area contributed by atoms with E-state index in [1.165, 1.54) is 11.8 Å². The Morgan fingerprint density at radius 2 is 2.04 bits per heavy atom. The van der Waals surface area contributed by atoms with Gasteiger partial charge >= 0.3 is 0 Å². The zero-order valence-electron chi connectivity index (χ0n) is 14.6. The second kappa shape index (κ2) is 7.99. The summed E-state index contributed by atoms with van der Waals surface area (Å²) in [5.41, 5.74) is 1.13. The molecule has 2 aromatic rings. The van der Waals surface area contributed by atoms with E-state index in [0.717, 1.165) is 47.9 Å². The summed E-state index contributed by atoms with van der Waals surface area (Å²) in [6.45, 7) is 2.16. The molecule has 4 rings (SSSR count). The molecule has 0 radical (unpaired) electrons. The maximum Gasteiger partial charge on any atom is 0.233 e. The minimum atomic E-state index is 0.115. The second-order valence-corrected chi connectivity index (χ2v) is 7.45. The number of amides is 1. The van der Waals surface area contributed by atoms with Gasteiger partial charge in [-0.3, -0.25) is 4.79 Å². The molecule has 1 atom stereocenters. The average molecular weight is 370 g/mol. The molecule has 1 aromatic carbocycles. The number of hydrogen-bond acceptors (Lipinski definition) is 5. The van der Waals surface area contributed by atoms with Gasteiger partial charge in [-0.1, -0.05) is 23.9 Å². The predicted molar refractivity (Wildman–Crippen MR) is 101 cm³/mol. The number of ether oxygens (including phenoxy) is 2. The van der Waals surface area contributed by atoms with Crippen molar-refractivity contribution < 1.29 is 14.3 Å². The van der Waals surface area contributed by atoms with Gasteiger partial charge in [0.1, 0.15) is 0 Å². The van der Waals surface area contributed by atoms with Crippen LogP contribution in [0.4, 0.5) is 0 Å². The molecule has 136 valence electrons. The van der Waals surface area contributed by atoms with Crippen molar-refractivity contribution in [1.82, 2.24) is 9.88 Å². The molecule has 1 aromatic heterocycles. The first-order chi connectivity index (χ1) is 12.8. The summed E-state index contributed by atoms with van der Waals surface area (Å²) in [5.74, 6) is 2.17. The average Bonchev–Trinajstić information content (AvgIpc) is 3.06. The van der Waals surface area contributed by atoms with Crippen LogP contribution < -0.4 is 9.47 Å². The van der Waals surface area contributed by atoms with Crippen molar-refractivity contribution >= 4 is 17.7 Å². The fourth-order valence-electron chi connectivity index (χ4n) is 3.45. The quantitative estimate of drug-likeness (QED) is 0.768. The number of benzene rings is 1. The molecule has 0 spiro atoms. The van der Waals surface area contributed by atoms with Crippen LogP contribution in [0, 0.1) is 0 Å². The van der Waals surface area contributed by atoms with Crippen molar-refractivity contribution in [1.29, 1.82) is 0 Å². The molecule has 0 bridgehead atoms. The second-order valence-electron chi connectivity index (χ2n) is 6.46. The van der Waals surface area contributed by atoms with E-state index in [9.17, 15) is 4.79 Å². The van der Waals surface area contributed by atoms with Crippen molar-refractivity contribution in [2.24, 2.45) is 0 Å². The number of rotatable bonds is 4. The number of nitrogens with zero attached hydrogens (tertiary/aromatic N) is 2. The van der Waals surface area contributed by atoms with E-state index in [0.29, 0.717) is 19.0 Å². The number of aromatic nitrogens is 1. The Kier molecular flexibility index (Phi) is 5.29. The number of pyridine rings is 1. The van der Waals surface area contributed by atoms with Gasteiger partial charge in [0.15, 0.2) is 11.5 Å². The van der Waals surface area contributed by atoms with Crippen LogP contribution in [-0.2, 0) is 4.79 Å². The molecular formula is C20H22N2O3S. The number of likely N-dealkylation sites (tertiary alicyclic amines) is 1. The van der Waals surface area contributed by atoms with E-state index in [1.54, 1.807) is 6.20 Å². The van der Waals surface area contributed by atoms with Crippen LogP contribution in [0.5, 0.6) is 11.5 Å². The third-order valence-electron chi connectivity index (χ3n) is 4.71. The highest BCUT2D eigenvalue weighted by molar-refractivity contribution is 7.99. The Balaban J connectivity index is 1.46. The SMILES string of the molecule is O=C(CSc1ccccn1)N1CCCC1c1ccc2c(c1)OCCCO2. The molecule has 0 aliphatic carbocycles. The van der Waals surface area contributed by atoms with Crippen molar-refractivity contribution in [3.8, 4) is 11.5 Å². The first kappa shape index (κ1) is 17.2. The highest BCUT2D eigenvalue weighted by Gasteiger charge is 2.30. The molecule has 0 N–H and O–H groups in total. The van der Waals surface area contributed by atoms with Gasteiger partial charge in [0.2, 0.25) is 5.91 Å². The molecule has 1 saturated heterocycles. The fraction of sp³-hybridized carbons (Fsp3) is 0.400. The van der Waals surface area contributed by atoms with Gasteiger partial charge in [-0.15, -0.1) is 0 Å². The summed E-state index contributed by atoms with van der Waals surface area (Å²) in [7, 11) is 0. The largest absolute Gasteiger partial charge is 0.490 e. The number of carbonyl (C=O) groups excluding carboxylic acids is 1. The molecule has 1 fully saturated rings. The van der Waals surface area contributed by atoms with Crippen LogP contribution in [0.3, 0.4) is 0 Å². The van der Waals surface area contributed by atoms with Crippen LogP contribution in [0.25, 0.3) is 0 Å². The molecule has 1 unspecified atom stereocenters. The van der Waals surface area contributed by atoms with Crippen molar-refractivity contribution in [3.63, 3.8) is 0 Å². The van der Waals surface area contributed by atoms with Crippen LogP contribution in [0.15, 0.2) is 47.6 Å². The zero-order valence-corrected chi connectivity index (χ0v) is 15.4. The van der Waals surface area contributed by atoms with Crippen molar-refractivity contribution in [2.45, 2.75) is 30.3 Å². The van der Waals surface area contributed by atoms with E-state index >= 15 is 0 Å². The molecule has 5 nitrogen and oxygen atoms in total. The van der Waals surface area contributed by atoms with Gasteiger partial charge < -0.3 is 14.4 Å².